The van der Waals surface area contributed by atoms with E-state index >= 15 is 0 Å². The Morgan fingerprint density at radius 1 is 1.59 bits per heavy atom. The van der Waals surface area contributed by atoms with Gasteiger partial charge in [-0.25, -0.2) is 0 Å². The van der Waals surface area contributed by atoms with Crippen molar-refractivity contribution < 1.29 is 0 Å². The minimum atomic E-state index is 0.422. The summed E-state index contributed by atoms with van der Waals surface area (Å²) < 4.78 is 1.81. The number of rotatable bonds is 2. The second-order valence-corrected chi connectivity index (χ2v) is 4.86. The van der Waals surface area contributed by atoms with Crippen LogP contribution < -0.4 is 10.6 Å². The molecule has 2 heterocycles. The van der Waals surface area contributed by atoms with Gasteiger partial charge in [-0.3, -0.25) is 4.68 Å². The monoisotopic (exact) mass is 233 g/mol. The summed E-state index contributed by atoms with van der Waals surface area (Å²) in [4.78, 5) is 2.26. The first-order valence-corrected chi connectivity index (χ1v) is 5.98. The van der Waals surface area contributed by atoms with Crippen molar-refractivity contribution in [2.24, 2.45) is 18.7 Å². The molecule has 1 fully saturated rings. The average molecular weight is 233 g/mol. The van der Waals surface area contributed by atoms with Crippen LogP contribution in [0.5, 0.6) is 0 Å². The number of aryl methyl sites for hydroxylation is 2. The van der Waals surface area contributed by atoms with Gasteiger partial charge in [0.1, 0.15) is 17.5 Å². The molecule has 1 aliphatic rings. The first kappa shape index (κ1) is 11.9. The Labute approximate surface area is 102 Å². The standard InChI is InChI=1S/C12H19N5/c1-8-4-10(5-13)7-17(8)12-11(6-14)9(2)15-16(12)3/h8,10H,4-5,7,13H2,1-3H3. The number of aromatic nitrogens is 2. The van der Waals surface area contributed by atoms with E-state index in [0.717, 1.165) is 24.5 Å². The number of nitrogens with zero attached hydrogens (tertiary/aromatic N) is 4. The van der Waals surface area contributed by atoms with E-state index in [4.69, 9.17) is 5.73 Å². The Balaban J connectivity index is 2.38. The molecular formula is C12H19N5. The summed E-state index contributed by atoms with van der Waals surface area (Å²) in [6.07, 6.45) is 1.09. The molecule has 0 amide bonds. The maximum absolute atomic E-state index is 9.23. The molecule has 1 aromatic rings. The lowest BCUT2D eigenvalue weighted by molar-refractivity contribution is 0.579. The smallest absolute Gasteiger partial charge is 0.145 e. The molecule has 2 rings (SSSR count). The number of hydrogen-bond acceptors (Lipinski definition) is 4. The third-order valence-corrected chi connectivity index (χ3v) is 3.57. The average Bonchev–Trinajstić information content (AvgIpc) is 2.78. The van der Waals surface area contributed by atoms with Crippen molar-refractivity contribution in [2.45, 2.75) is 26.3 Å². The highest BCUT2D eigenvalue weighted by atomic mass is 15.4. The minimum Gasteiger partial charge on any atom is -0.353 e. The van der Waals surface area contributed by atoms with Gasteiger partial charge in [-0.05, 0) is 32.7 Å². The van der Waals surface area contributed by atoms with Crippen LogP contribution in [0.15, 0.2) is 0 Å². The van der Waals surface area contributed by atoms with Gasteiger partial charge < -0.3 is 10.6 Å². The van der Waals surface area contributed by atoms with E-state index in [1.54, 1.807) is 0 Å². The summed E-state index contributed by atoms with van der Waals surface area (Å²) in [6.45, 7) is 5.69. The van der Waals surface area contributed by atoms with Gasteiger partial charge in [0.05, 0.1) is 5.69 Å². The topological polar surface area (TPSA) is 70.9 Å². The number of anilines is 1. The summed E-state index contributed by atoms with van der Waals surface area (Å²) in [5.41, 5.74) is 7.23. The lowest BCUT2D eigenvalue weighted by Crippen LogP contribution is -2.30. The summed E-state index contributed by atoms with van der Waals surface area (Å²) in [5, 5.41) is 13.6. The van der Waals surface area contributed by atoms with Crippen LogP contribution >= 0.6 is 0 Å². The zero-order valence-electron chi connectivity index (χ0n) is 10.6. The Morgan fingerprint density at radius 3 is 2.82 bits per heavy atom. The van der Waals surface area contributed by atoms with Gasteiger partial charge in [-0.2, -0.15) is 10.4 Å². The largest absolute Gasteiger partial charge is 0.353 e. The van der Waals surface area contributed by atoms with E-state index in [2.05, 4.69) is 23.0 Å². The fourth-order valence-electron chi connectivity index (χ4n) is 2.71. The van der Waals surface area contributed by atoms with E-state index < -0.39 is 0 Å². The van der Waals surface area contributed by atoms with Gasteiger partial charge in [0, 0.05) is 19.6 Å². The van der Waals surface area contributed by atoms with Crippen molar-refractivity contribution in [2.75, 3.05) is 18.0 Å². The molecule has 5 nitrogen and oxygen atoms in total. The van der Waals surface area contributed by atoms with Crippen molar-refractivity contribution in [3.63, 3.8) is 0 Å². The Hall–Kier alpha value is -1.54. The third kappa shape index (κ3) is 1.89. The predicted molar refractivity (Wildman–Crippen MR) is 66.6 cm³/mol. The Kier molecular flexibility index (Phi) is 3.07. The van der Waals surface area contributed by atoms with Crippen molar-refractivity contribution >= 4 is 5.82 Å². The van der Waals surface area contributed by atoms with E-state index in [1.165, 1.54) is 0 Å². The number of nitriles is 1. The fraction of sp³-hybridized carbons (Fsp3) is 0.667. The molecule has 2 unspecified atom stereocenters. The van der Waals surface area contributed by atoms with E-state index in [9.17, 15) is 5.26 Å². The van der Waals surface area contributed by atoms with Gasteiger partial charge in [-0.15, -0.1) is 0 Å². The lowest BCUT2D eigenvalue weighted by atomic mass is 10.1. The Bertz CT molecular complexity index is 456. The van der Waals surface area contributed by atoms with Gasteiger partial charge in [0.15, 0.2) is 0 Å². The van der Waals surface area contributed by atoms with Gasteiger partial charge in [0.25, 0.3) is 0 Å². The van der Waals surface area contributed by atoms with Gasteiger partial charge in [-0.1, -0.05) is 0 Å². The van der Waals surface area contributed by atoms with E-state index in [0.29, 0.717) is 24.1 Å². The summed E-state index contributed by atoms with van der Waals surface area (Å²) in [7, 11) is 1.89. The molecule has 1 aliphatic heterocycles. The Morgan fingerprint density at radius 2 is 2.29 bits per heavy atom. The minimum absolute atomic E-state index is 0.422. The molecule has 1 aromatic heterocycles. The molecule has 0 aliphatic carbocycles. The van der Waals surface area contributed by atoms with Crippen molar-refractivity contribution in [3.8, 4) is 6.07 Å². The zero-order chi connectivity index (χ0) is 12.6. The van der Waals surface area contributed by atoms with Crippen LogP contribution in [0.25, 0.3) is 0 Å². The number of nitrogens with two attached hydrogens (primary N) is 1. The summed E-state index contributed by atoms with van der Waals surface area (Å²) in [5.74, 6) is 1.46. The zero-order valence-corrected chi connectivity index (χ0v) is 10.6. The lowest BCUT2D eigenvalue weighted by Gasteiger charge is -2.23. The van der Waals surface area contributed by atoms with Crippen LogP contribution in [0.4, 0.5) is 5.82 Å². The maximum atomic E-state index is 9.23. The molecule has 0 bridgehead atoms. The van der Waals surface area contributed by atoms with E-state index in [-0.39, 0.29) is 0 Å². The normalized spacial score (nSPS) is 24.1. The molecule has 0 saturated carbocycles. The number of hydrogen-bond donors (Lipinski definition) is 1. The second-order valence-electron chi connectivity index (χ2n) is 4.86. The third-order valence-electron chi connectivity index (χ3n) is 3.57. The van der Waals surface area contributed by atoms with Gasteiger partial charge in [0.2, 0.25) is 0 Å². The van der Waals surface area contributed by atoms with Crippen LogP contribution in [0.3, 0.4) is 0 Å². The molecule has 0 spiro atoms. The first-order chi connectivity index (χ1) is 8.08. The van der Waals surface area contributed by atoms with Crippen molar-refractivity contribution in [3.05, 3.63) is 11.3 Å². The van der Waals surface area contributed by atoms with Gasteiger partial charge >= 0.3 is 0 Å². The fourth-order valence-corrected chi connectivity index (χ4v) is 2.71. The molecular weight excluding hydrogens is 214 g/mol. The molecule has 92 valence electrons. The first-order valence-electron chi connectivity index (χ1n) is 5.98. The molecule has 1 saturated heterocycles. The predicted octanol–water partition coefficient (Wildman–Crippen LogP) is 0.774. The maximum Gasteiger partial charge on any atom is 0.145 e. The molecule has 17 heavy (non-hydrogen) atoms. The van der Waals surface area contributed by atoms with Crippen molar-refractivity contribution in [1.29, 1.82) is 5.26 Å². The van der Waals surface area contributed by atoms with Crippen LogP contribution in [-0.4, -0.2) is 28.9 Å². The van der Waals surface area contributed by atoms with Crippen molar-refractivity contribution in [1.82, 2.24) is 9.78 Å². The second kappa shape index (κ2) is 4.38. The van der Waals surface area contributed by atoms with Crippen LogP contribution in [0.2, 0.25) is 0 Å². The molecule has 2 N–H and O–H groups in total. The van der Waals surface area contributed by atoms with Crippen LogP contribution in [0.1, 0.15) is 24.6 Å². The molecule has 5 heteroatoms. The summed E-state index contributed by atoms with van der Waals surface area (Å²) >= 11 is 0. The molecule has 0 aromatic carbocycles. The quantitative estimate of drug-likeness (QED) is 0.819. The van der Waals surface area contributed by atoms with E-state index in [1.807, 2.05) is 18.7 Å². The molecule has 2 atom stereocenters. The molecule has 0 radical (unpaired) electrons. The van der Waals surface area contributed by atoms with Crippen LogP contribution in [0, 0.1) is 24.2 Å². The summed E-state index contributed by atoms with van der Waals surface area (Å²) in [6, 6.07) is 2.68. The highest BCUT2D eigenvalue weighted by Gasteiger charge is 2.32. The van der Waals surface area contributed by atoms with Crippen LogP contribution in [-0.2, 0) is 7.05 Å². The highest BCUT2D eigenvalue weighted by Crippen LogP contribution is 2.31. The SMILES string of the molecule is Cc1nn(C)c(N2CC(CN)CC2C)c1C#N. The highest BCUT2D eigenvalue weighted by molar-refractivity contribution is 5.58.